The Bertz CT molecular complexity index is 1030. The van der Waals surface area contributed by atoms with Crippen molar-refractivity contribution in [3.8, 4) is 11.5 Å². The molecule has 0 bridgehead atoms. The van der Waals surface area contributed by atoms with Gasteiger partial charge in [0.15, 0.2) is 12.4 Å². The molecule has 0 saturated heterocycles. The second-order valence-corrected chi connectivity index (χ2v) is 5.91. The van der Waals surface area contributed by atoms with Crippen LogP contribution in [0.4, 0.5) is 11.6 Å². The fraction of sp³-hybridized carbons (Fsp3) is 0.158. The van der Waals surface area contributed by atoms with E-state index in [-0.39, 0.29) is 37.3 Å². The van der Waals surface area contributed by atoms with E-state index in [9.17, 15) is 14.9 Å². The first-order chi connectivity index (χ1) is 13.1. The van der Waals surface area contributed by atoms with E-state index in [4.69, 9.17) is 9.47 Å². The Balaban J connectivity index is 1.54. The summed E-state index contributed by atoms with van der Waals surface area (Å²) < 4.78 is 11.2. The smallest absolute Gasteiger partial charge is 0.366 e. The van der Waals surface area contributed by atoms with Crippen LogP contribution in [0.15, 0.2) is 54.6 Å². The molecular weight excluding hydrogens is 350 g/mol. The van der Waals surface area contributed by atoms with Gasteiger partial charge in [0, 0.05) is 11.5 Å². The van der Waals surface area contributed by atoms with Gasteiger partial charge in [0.25, 0.3) is 11.7 Å². The van der Waals surface area contributed by atoms with E-state index >= 15 is 0 Å². The molecule has 1 amide bonds. The van der Waals surface area contributed by atoms with Crippen LogP contribution in [0, 0.1) is 10.1 Å². The Morgan fingerprint density at radius 2 is 1.96 bits per heavy atom. The van der Waals surface area contributed by atoms with E-state index < -0.39 is 4.92 Å². The number of fused-ring (bicyclic) bond motifs is 2. The van der Waals surface area contributed by atoms with Crippen molar-refractivity contribution < 1.29 is 19.2 Å². The lowest BCUT2D eigenvalue weighted by atomic mass is 10.1. The van der Waals surface area contributed by atoms with Crippen molar-refractivity contribution >= 4 is 28.3 Å². The number of hydrogen-bond donors (Lipinski definition) is 0. The van der Waals surface area contributed by atoms with Crippen molar-refractivity contribution in [2.24, 2.45) is 0 Å². The second kappa shape index (κ2) is 6.91. The predicted molar refractivity (Wildman–Crippen MR) is 98.2 cm³/mol. The van der Waals surface area contributed by atoms with Crippen molar-refractivity contribution in [2.75, 3.05) is 24.7 Å². The van der Waals surface area contributed by atoms with E-state index in [0.29, 0.717) is 11.5 Å². The summed E-state index contributed by atoms with van der Waals surface area (Å²) in [5, 5.41) is 13.0. The molecule has 0 atom stereocenters. The molecular formula is C19H15N3O5. The Morgan fingerprint density at radius 1 is 1.15 bits per heavy atom. The molecule has 0 N–H and O–H groups in total. The number of benzene rings is 2. The van der Waals surface area contributed by atoms with Crippen molar-refractivity contribution in [3.05, 3.63) is 64.7 Å². The Hall–Kier alpha value is -3.68. The molecule has 0 fully saturated rings. The van der Waals surface area contributed by atoms with Gasteiger partial charge in [-0.05, 0) is 27.4 Å². The zero-order valence-corrected chi connectivity index (χ0v) is 14.2. The van der Waals surface area contributed by atoms with Gasteiger partial charge < -0.3 is 19.6 Å². The first kappa shape index (κ1) is 16.8. The number of aromatic nitrogens is 1. The Morgan fingerprint density at radius 3 is 2.81 bits per heavy atom. The van der Waals surface area contributed by atoms with Crippen LogP contribution < -0.4 is 14.4 Å². The highest BCUT2D eigenvalue weighted by Gasteiger charge is 2.32. The van der Waals surface area contributed by atoms with Gasteiger partial charge in [0.05, 0.1) is 6.54 Å². The zero-order valence-electron chi connectivity index (χ0n) is 14.2. The number of anilines is 1. The zero-order chi connectivity index (χ0) is 18.8. The van der Waals surface area contributed by atoms with Crippen molar-refractivity contribution in [1.29, 1.82) is 0 Å². The number of carbonyl (C=O) groups excluding carboxylic acids is 1. The third-order valence-electron chi connectivity index (χ3n) is 4.24. The third-order valence-corrected chi connectivity index (χ3v) is 4.24. The van der Waals surface area contributed by atoms with E-state index in [1.165, 1.54) is 17.0 Å². The largest absolute Gasteiger partial charge is 0.491 e. The number of pyridine rings is 1. The summed E-state index contributed by atoms with van der Waals surface area (Å²) in [6, 6.07) is 16.3. The molecule has 1 aromatic heterocycles. The Labute approximate surface area is 154 Å². The van der Waals surface area contributed by atoms with Crippen LogP contribution in [-0.2, 0) is 4.79 Å². The number of hydrogen-bond acceptors (Lipinski definition) is 6. The number of amides is 1. The van der Waals surface area contributed by atoms with Crippen molar-refractivity contribution in [2.45, 2.75) is 0 Å². The number of nitro groups is 1. The summed E-state index contributed by atoms with van der Waals surface area (Å²) in [6.07, 6.45) is 0. The minimum atomic E-state index is -0.607. The lowest BCUT2D eigenvalue weighted by molar-refractivity contribution is -0.389. The normalized spacial score (nSPS) is 13.2. The summed E-state index contributed by atoms with van der Waals surface area (Å²) in [6.45, 7) is 0.275. The summed E-state index contributed by atoms with van der Waals surface area (Å²) in [5.41, 5.74) is 0. The monoisotopic (exact) mass is 365 g/mol. The number of carbonyl (C=O) groups is 1. The molecule has 2 aromatic carbocycles. The van der Waals surface area contributed by atoms with Gasteiger partial charge in [-0.2, -0.15) is 0 Å². The molecule has 136 valence electrons. The van der Waals surface area contributed by atoms with Gasteiger partial charge in [-0.25, -0.2) is 0 Å². The SMILES string of the molecule is O=C1COc2ccc([N+](=O)[O-])nc2N1CCOc1cccc2ccccc12. The lowest BCUT2D eigenvalue weighted by Crippen LogP contribution is -2.41. The minimum Gasteiger partial charge on any atom is -0.491 e. The van der Waals surface area contributed by atoms with Gasteiger partial charge in [0.2, 0.25) is 0 Å². The molecule has 0 aliphatic carbocycles. The summed E-state index contributed by atoms with van der Waals surface area (Å²) >= 11 is 0. The maximum Gasteiger partial charge on any atom is 0.366 e. The minimum absolute atomic E-state index is 0.138. The highest BCUT2D eigenvalue weighted by Crippen LogP contribution is 2.32. The molecule has 0 saturated carbocycles. The lowest BCUT2D eigenvalue weighted by Gasteiger charge is -2.25. The fourth-order valence-electron chi connectivity index (χ4n) is 2.97. The molecule has 8 heteroatoms. The average molecular weight is 365 g/mol. The first-order valence-corrected chi connectivity index (χ1v) is 8.32. The number of nitrogens with zero attached hydrogens (tertiary/aromatic N) is 3. The van der Waals surface area contributed by atoms with Crippen LogP contribution in [0.1, 0.15) is 0 Å². The van der Waals surface area contributed by atoms with Crippen molar-refractivity contribution in [1.82, 2.24) is 4.98 Å². The van der Waals surface area contributed by atoms with Crippen LogP contribution in [-0.4, -0.2) is 35.6 Å². The molecule has 2 heterocycles. The number of rotatable bonds is 5. The van der Waals surface area contributed by atoms with Gasteiger partial charge in [0.1, 0.15) is 12.4 Å². The molecule has 4 rings (SSSR count). The molecule has 1 aliphatic rings. The van der Waals surface area contributed by atoms with Crippen LogP contribution in [0.3, 0.4) is 0 Å². The topological polar surface area (TPSA) is 94.8 Å². The van der Waals surface area contributed by atoms with Gasteiger partial charge in [-0.3, -0.25) is 9.69 Å². The quantitative estimate of drug-likeness (QED) is 0.510. The van der Waals surface area contributed by atoms with Crippen LogP contribution >= 0.6 is 0 Å². The summed E-state index contributed by atoms with van der Waals surface area (Å²) in [4.78, 5) is 27.9. The third kappa shape index (κ3) is 3.24. The highest BCUT2D eigenvalue weighted by atomic mass is 16.6. The van der Waals surface area contributed by atoms with Gasteiger partial charge in [-0.1, -0.05) is 36.4 Å². The second-order valence-electron chi connectivity index (χ2n) is 5.91. The van der Waals surface area contributed by atoms with Gasteiger partial charge in [-0.15, -0.1) is 0 Å². The van der Waals surface area contributed by atoms with Crippen molar-refractivity contribution in [3.63, 3.8) is 0 Å². The van der Waals surface area contributed by atoms with E-state index in [1.807, 2.05) is 42.5 Å². The summed E-state index contributed by atoms with van der Waals surface area (Å²) in [7, 11) is 0. The average Bonchev–Trinajstić information content (AvgIpc) is 2.69. The van der Waals surface area contributed by atoms with Gasteiger partial charge >= 0.3 is 5.82 Å². The van der Waals surface area contributed by atoms with Crippen LogP contribution in [0.5, 0.6) is 11.5 Å². The first-order valence-electron chi connectivity index (χ1n) is 8.32. The molecule has 27 heavy (non-hydrogen) atoms. The van der Waals surface area contributed by atoms with E-state index in [0.717, 1.165) is 10.8 Å². The van der Waals surface area contributed by atoms with E-state index in [1.54, 1.807) is 0 Å². The standard InChI is InChI=1S/C19H15N3O5/c23-18-12-27-16-8-9-17(22(24)25)20-19(16)21(18)10-11-26-15-7-3-5-13-4-1-2-6-14(13)15/h1-9H,10-12H2. The fourth-order valence-corrected chi connectivity index (χ4v) is 2.97. The molecule has 0 radical (unpaired) electrons. The highest BCUT2D eigenvalue weighted by molar-refractivity contribution is 5.96. The molecule has 0 spiro atoms. The maximum absolute atomic E-state index is 12.2. The molecule has 8 nitrogen and oxygen atoms in total. The Kier molecular flexibility index (Phi) is 4.29. The molecule has 3 aromatic rings. The maximum atomic E-state index is 12.2. The number of ether oxygens (including phenoxy) is 2. The molecule has 0 unspecified atom stereocenters. The summed E-state index contributed by atoms with van der Waals surface area (Å²) in [5.74, 6) is 0.525. The predicted octanol–water partition coefficient (Wildman–Crippen LogP) is 2.95. The van der Waals surface area contributed by atoms with E-state index in [2.05, 4.69) is 4.98 Å². The van der Waals surface area contributed by atoms with Crippen LogP contribution in [0.25, 0.3) is 10.8 Å². The molecule has 1 aliphatic heterocycles. The van der Waals surface area contributed by atoms with Crippen LogP contribution in [0.2, 0.25) is 0 Å².